The molecule has 3 saturated heterocycles. The van der Waals surface area contributed by atoms with Gasteiger partial charge in [0.05, 0.1) is 17.9 Å². The van der Waals surface area contributed by atoms with E-state index in [1.165, 1.54) is 6.42 Å². The predicted octanol–water partition coefficient (Wildman–Crippen LogP) is 2.59. The van der Waals surface area contributed by atoms with Crippen molar-refractivity contribution < 1.29 is 24.2 Å². The molecule has 1 aliphatic carbocycles. The first kappa shape index (κ1) is 24.7. The SMILES string of the molecule is O=C(NC1CCCCC1)C1N(CCCCO)C(=O)[C@@H]2[C@H](C(=O)Nc3ccccc3)[C@H]3OC12CC3Br. The van der Waals surface area contributed by atoms with Gasteiger partial charge >= 0.3 is 0 Å². The Morgan fingerprint density at radius 1 is 1.11 bits per heavy atom. The van der Waals surface area contributed by atoms with Crippen LogP contribution in [0.4, 0.5) is 5.69 Å². The highest BCUT2D eigenvalue weighted by Crippen LogP contribution is 2.60. The molecule has 3 N–H and O–H groups in total. The number of nitrogens with zero attached hydrogens (tertiary/aromatic N) is 1. The molecule has 2 bridgehead atoms. The van der Waals surface area contributed by atoms with Gasteiger partial charge in [-0.15, -0.1) is 0 Å². The number of para-hydroxylation sites is 1. The lowest BCUT2D eigenvalue weighted by Crippen LogP contribution is -2.57. The first-order chi connectivity index (χ1) is 17.0. The highest BCUT2D eigenvalue weighted by atomic mass is 79.9. The molecule has 8 nitrogen and oxygen atoms in total. The molecule has 1 saturated carbocycles. The number of halogens is 1. The fourth-order valence-electron chi connectivity index (χ4n) is 6.64. The van der Waals surface area contributed by atoms with Crippen LogP contribution in [0.5, 0.6) is 0 Å². The zero-order chi connectivity index (χ0) is 24.6. The first-order valence-corrected chi connectivity index (χ1v) is 13.8. The maximum atomic E-state index is 13.9. The Balaban J connectivity index is 1.44. The molecule has 1 spiro atoms. The van der Waals surface area contributed by atoms with Gasteiger partial charge in [-0.2, -0.15) is 0 Å². The summed E-state index contributed by atoms with van der Waals surface area (Å²) in [6, 6.07) is 8.52. The van der Waals surface area contributed by atoms with Crippen LogP contribution < -0.4 is 10.6 Å². The van der Waals surface area contributed by atoms with E-state index in [4.69, 9.17) is 4.74 Å². The third-order valence-corrected chi connectivity index (χ3v) is 8.99. The molecule has 5 rings (SSSR count). The Morgan fingerprint density at radius 2 is 1.86 bits per heavy atom. The molecule has 3 aliphatic heterocycles. The van der Waals surface area contributed by atoms with Crippen molar-refractivity contribution in [2.75, 3.05) is 18.5 Å². The minimum Gasteiger partial charge on any atom is -0.396 e. The molecule has 4 aliphatic rings. The minimum atomic E-state index is -1.04. The molecule has 1 aromatic rings. The summed E-state index contributed by atoms with van der Waals surface area (Å²) in [5, 5.41) is 15.5. The summed E-state index contributed by atoms with van der Waals surface area (Å²) in [7, 11) is 0. The number of carbonyl (C=O) groups excluding carboxylic acids is 3. The van der Waals surface area contributed by atoms with E-state index in [9.17, 15) is 19.5 Å². The van der Waals surface area contributed by atoms with Crippen LogP contribution in [-0.4, -0.2) is 69.5 Å². The number of aliphatic hydroxyl groups excluding tert-OH is 1. The third kappa shape index (κ3) is 4.40. The number of hydrogen-bond donors (Lipinski definition) is 3. The van der Waals surface area contributed by atoms with E-state index in [0.29, 0.717) is 31.5 Å². The van der Waals surface area contributed by atoms with Crippen molar-refractivity contribution in [2.45, 2.75) is 80.0 Å². The van der Waals surface area contributed by atoms with Crippen molar-refractivity contribution in [3.63, 3.8) is 0 Å². The van der Waals surface area contributed by atoms with Gasteiger partial charge in [0.15, 0.2) is 0 Å². The van der Waals surface area contributed by atoms with Gasteiger partial charge in [0.1, 0.15) is 11.6 Å². The molecule has 9 heteroatoms. The molecule has 190 valence electrons. The maximum Gasteiger partial charge on any atom is 0.246 e. The molecule has 3 amide bonds. The van der Waals surface area contributed by atoms with Crippen molar-refractivity contribution >= 4 is 39.3 Å². The molecule has 1 aromatic carbocycles. The summed E-state index contributed by atoms with van der Waals surface area (Å²) in [6.45, 7) is 0.383. The number of anilines is 1. The monoisotopic (exact) mass is 547 g/mol. The van der Waals surface area contributed by atoms with Gasteiger partial charge in [0.2, 0.25) is 17.7 Å². The van der Waals surface area contributed by atoms with Gasteiger partial charge in [0, 0.05) is 29.7 Å². The molecule has 4 fully saturated rings. The average molecular weight is 548 g/mol. The number of aliphatic hydroxyl groups is 1. The third-order valence-electron chi connectivity index (χ3n) is 8.14. The van der Waals surface area contributed by atoms with E-state index < -0.39 is 29.6 Å². The number of alkyl halides is 1. The second kappa shape index (κ2) is 10.2. The van der Waals surface area contributed by atoms with E-state index in [1.54, 1.807) is 4.90 Å². The standard InChI is InChI=1S/C26H34BrN3O5/c27-18-15-26-20(19(21(18)35-26)23(32)28-16-9-3-1-4-10-16)25(34)30(13-7-8-14-31)22(26)24(33)29-17-11-5-2-6-12-17/h1,3-4,9-10,17-22,31H,2,5-8,11-15H2,(H,28,32)(H,29,33)/t18?,19-,20-,21-,22?,26?/m0/s1. The zero-order valence-corrected chi connectivity index (χ0v) is 21.4. The van der Waals surface area contributed by atoms with Crippen LogP contribution in [0, 0.1) is 11.8 Å². The molecule has 6 atom stereocenters. The van der Waals surface area contributed by atoms with Gasteiger partial charge < -0.3 is 25.4 Å². The van der Waals surface area contributed by atoms with Crippen LogP contribution in [0.1, 0.15) is 51.4 Å². The number of fused-ring (bicyclic) bond motifs is 1. The largest absolute Gasteiger partial charge is 0.396 e. The molecular weight excluding hydrogens is 514 g/mol. The van der Waals surface area contributed by atoms with Gasteiger partial charge in [0.25, 0.3) is 0 Å². The quantitative estimate of drug-likeness (QED) is 0.342. The van der Waals surface area contributed by atoms with E-state index in [-0.39, 0.29) is 35.2 Å². The molecular formula is C26H34BrN3O5. The van der Waals surface area contributed by atoms with E-state index in [0.717, 1.165) is 25.7 Å². The Morgan fingerprint density at radius 3 is 2.57 bits per heavy atom. The fourth-order valence-corrected chi connectivity index (χ4v) is 7.58. The number of rotatable bonds is 8. The number of ether oxygens (including phenoxy) is 1. The van der Waals surface area contributed by atoms with Crippen LogP contribution in [0.15, 0.2) is 30.3 Å². The van der Waals surface area contributed by atoms with Crippen molar-refractivity contribution in [3.05, 3.63) is 30.3 Å². The van der Waals surface area contributed by atoms with Crippen LogP contribution in [0.2, 0.25) is 0 Å². The van der Waals surface area contributed by atoms with E-state index in [1.807, 2.05) is 30.3 Å². The van der Waals surface area contributed by atoms with Crippen molar-refractivity contribution in [2.24, 2.45) is 11.8 Å². The number of amides is 3. The smallest absolute Gasteiger partial charge is 0.246 e. The van der Waals surface area contributed by atoms with Gasteiger partial charge in [-0.25, -0.2) is 0 Å². The second-order valence-electron chi connectivity index (χ2n) is 10.3. The lowest BCUT2D eigenvalue weighted by molar-refractivity contribution is -0.141. The molecule has 35 heavy (non-hydrogen) atoms. The number of likely N-dealkylation sites (tertiary alicyclic amines) is 1. The first-order valence-electron chi connectivity index (χ1n) is 12.9. The topological polar surface area (TPSA) is 108 Å². The second-order valence-corrected chi connectivity index (χ2v) is 11.5. The van der Waals surface area contributed by atoms with Crippen LogP contribution in [0.25, 0.3) is 0 Å². The molecule has 0 aromatic heterocycles. The number of nitrogens with one attached hydrogen (secondary N) is 2. The number of benzene rings is 1. The van der Waals surface area contributed by atoms with Crippen LogP contribution >= 0.6 is 15.9 Å². The minimum absolute atomic E-state index is 0.0275. The van der Waals surface area contributed by atoms with Crippen molar-refractivity contribution in [1.29, 1.82) is 0 Å². The van der Waals surface area contributed by atoms with Crippen molar-refractivity contribution in [1.82, 2.24) is 10.2 Å². The lowest BCUT2D eigenvalue weighted by Gasteiger charge is -2.35. The summed E-state index contributed by atoms with van der Waals surface area (Å²) in [4.78, 5) is 42.6. The predicted molar refractivity (Wildman–Crippen MR) is 134 cm³/mol. The van der Waals surface area contributed by atoms with Crippen molar-refractivity contribution in [3.8, 4) is 0 Å². The fraction of sp³-hybridized carbons (Fsp3) is 0.654. The van der Waals surface area contributed by atoms with Gasteiger partial charge in [-0.05, 0) is 44.2 Å². The van der Waals surface area contributed by atoms with Gasteiger partial charge in [-0.1, -0.05) is 53.4 Å². The number of hydrogen-bond acceptors (Lipinski definition) is 5. The molecule has 0 radical (unpaired) electrons. The molecule has 3 unspecified atom stereocenters. The number of unbranched alkanes of at least 4 members (excludes halogenated alkanes) is 1. The van der Waals surface area contributed by atoms with E-state index in [2.05, 4.69) is 26.6 Å². The van der Waals surface area contributed by atoms with Crippen LogP contribution in [0.3, 0.4) is 0 Å². The lowest BCUT2D eigenvalue weighted by atomic mass is 9.70. The average Bonchev–Trinajstić information content (AvgIpc) is 3.44. The highest BCUT2D eigenvalue weighted by molar-refractivity contribution is 9.09. The highest BCUT2D eigenvalue weighted by Gasteiger charge is 2.76. The summed E-state index contributed by atoms with van der Waals surface area (Å²) in [6.07, 6.45) is 6.40. The summed E-state index contributed by atoms with van der Waals surface area (Å²) in [5.74, 6) is -2.02. The van der Waals surface area contributed by atoms with Gasteiger partial charge in [-0.3, -0.25) is 14.4 Å². The Kier molecular flexibility index (Phi) is 7.19. The maximum absolute atomic E-state index is 13.9. The van der Waals surface area contributed by atoms with E-state index >= 15 is 0 Å². The normalized spacial score (nSPS) is 34.2. The summed E-state index contributed by atoms with van der Waals surface area (Å²) < 4.78 is 6.52. The summed E-state index contributed by atoms with van der Waals surface area (Å²) in [5.41, 5.74) is -0.371. The Bertz CT molecular complexity index is 956. The zero-order valence-electron chi connectivity index (χ0n) is 19.8. The number of carbonyl (C=O) groups is 3. The van der Waals surface area contributed by atoms with Crippen LogP contribution in [-0.2, 0) is 19.1 Å². The Labute approximate surface area is 214 Å². The Hall–Kier alpha value is -1.97. The summed E-state index contributed by atoms with van der Waals surface area (Å²) >= 11 is 3.70. The molecule has 3 heterocycles.